The van der Waals surface area contributed by atoms with Crippen molar-refractivity contribution in [1.82, 2.24) is 14.4 Å². The summed E-state index contributed by atoms with van der Waals surface area (Å²) in [5.74, 6) is 2.47. The number of carbonyl (C=O) groups is 1. The van der Waals surface area contributed by atoms with E-state index in [2.05, 4.69) is 60.8 Å². The van der Waals surface area contributed by atoms with Crippen LogP contribution in [0.25, 0.3) is 6.08 Å². The van der Waals surface area contributed by atoms with Crippen LogP contribution in [0.15, 0.2) is 46.6 Å². The zero-order valence-electron chi connectivity index (χ0n) is 20.0. The standard InChI is InChI=1S/C28H34BrN3O2/c1-34-23-9-10-25(29)21(16-23)17-31-14-3-6-22(31)15-19-8-11-26-24-7-4-13-30-12-2-5-20(27(24)30)18-32(26)28(19)33/h3,6,9-10,14-16,20,24,26-27H,2,4-5,7-8,11-13,17-18H2,1H3/b19-15+/t20-,24-,26-,27+/m1/s1. The van der Waals surface area contributed by atoms with Crippen molar-refractivity contribution in [2.75, 3.05) is 26.7 Å². The highest BCUT2D eigenvalue weighted by molar-refractivity contribution is 9.10. The van der Waals surface area contributed by atoms with E-state index in [4.69, 9.17) is 4.74 Å². The molecule has 4 fully saturated rings. The third-order valence-electron chi connectivity index (χ3n) is 8.70. The van der Waals surface area contributed by atoms with Gasteiger partial charge in [0.05, 0.1) is 7.11 Å². The maximum Gasteiger partial charge on any atom is 0.250 e. The summed E-state index contributed by atoms with van der Waals surface area (Å²) in [7, 11) is 1.70. The zero-order chi connectivity index (χ0) is 23.2. The minimum atomic E-state index is 0.285. The first-order chi connectivity index (χ1) is 16.6. The van der Waals surface area contributed by atoms with Gasteiger partial charge < -0.3 is 14.2 Å². The van der Waals surface area contributed by atoms with Crippen LogP contribution in [0.5, 0.6) is 5.75 Å². The van der Waals surface area contributed by atoms with Crippen molar-refractivity contribution >= 4 is 27.9 Å². The van der Waals surface area contributed by atoms with Crippen molar-refractivity contribution in [2.45, 2.75) is 57.2 Å². The van der Waals surface area contributed by atoms with Crippen molar-refractivity contribution in [3.8, 4) is 5.75 Å². The minimum Gasteiger partial charge on any atom is -0.497 e. The van der Waals surface area contributed by atoms with Gasteiger partial charge in [-0.1, -0.05) is 15.9 Å². The second-order valence-corrected chi connectivity index (χ2v) is 11.3. The molecule has 5 heterocycles. The van der Waals surface area contributed by atoms with Gasteiger partial charge in [0, 0.05) is 47.1 Å². The molecule has 2 aromatic rings. The van der Waals surface area contributed by atoms with E-state index in [1.54, 1.807) is 7.11 Å². The van der Waals surface area contributed by atoms with E-state index < -0.39 is 0 Å². The summed E-state index contributed by atoms with van der Waals surface area (Å²) in [5.41, 5.74) is 3.22. The molecule has 4 aliphatic rings. The molecule has 6 rings (SSSR count). The van der Waals surface area contributed by atoms with Crippen LogP contribution >= 0.6 is 15.9 Å². The summed E-state index contributed by atoms with van der Waals surface area (Å²) in [6.45, 7) is 4.22. The Kier molecular flexibility index (Phi) is 6.06. The number of rotatable bonds is 4. The molecule has 1 aromatic heterocycles. The van der Waals surface area contributed by atoms with Gasteiger partial charge in [-0.25, -0.2) is 0 Å². The van der Waals surface area contributed by atoms with Crippen LogP contribution < -0.4 is 4.74 Å². The van der Waals surface area contributed by atoms with Crippen LogP contribution in [0, 0.1) is 11.8 Å². The number of hydrogen-bond donors (Lipinski definition) is 0. The molecule has 0 N–H and O–H groups in total. The molecular formula is C28H34BrN3O2. The Morgan fingerprint density at radius 2 is 2.00 bits per heavy atom. The summed E-state index contributed by atoms with van der Waals surface area (Å²) in [4.78, 5) is 18.8. The molecule has 0 saturated carbocycles. The number of benzene rings is 1. The average Bonchev–Trinajstić information content (AvgIpc) is 3.29. The van der Waals surface area contributed by atoms with Crippen LogP contribution in [0.1, 0.15) is 49.8 Å². The zero-order valence-corrected chi connectivity index (χ0v) is 21.5. The van der Waals surface area contributed by atoms with E-state index in [0.717, 1.165) is 59.0 Å². The second-order valence-electron chi connectivity index (χ2n) is 10.5. The molecule has 1 aromatic carbocycles. The summed E-state index contributed by atoms with van der Waals surface area (Å²) in [6.07, 6.45) is 11.4. The normalized spacial score (nSPS) is 30.2. The first-order valence-electron chi connectivity index (χ1n) is 12.9. The fourth-order valence-corrected chi connectivity index (χ4v) is 7.56. The van der Waals surface area contributed by atoms with Gasteiger partial charge in [-0.3, -0.25) is 9.69 Å². The summed E-state index contributed by atoms with van der Waals surface area (Å²) >= 11 is 3.68. The first-order valence-corrected chi connectivity index (χ1v) is 13.6. The van der Waals surface area contributed by atoms with Gasteiger partial charge in [-0.2, -0.15) is 0 Å². The number of ether oxygens (including phenoxy) is 1. The van der Waals surface area contributed by atoms with Crippen LogP contribution in [-0.2, 0) is 11.3 Å². The van der Waals surface area contributed by atoms with Gasteiger partial charge in [0.25, 0.3) is 0 Å². The molecule has 4 saturated heterocycles. The SMILES string of the molecule is COc1ccc(Br)c(Cn2cccc2/C=C2\CC[C@@H]3[C@H]4CCCN5CCC[C@H](CN3C2=O)[C@@H]45)c1. The fraction of sp³-hybridized carbons (Fsp3) is 0.536. The number of hydrogen-bond acceptors (Lipinski definition) is 3. The number of fused-ring (bicyclic) bond motifs is 2. The lowest BCUT2D eigenvalue weighted by molar-refractivity contribution is -0.145. The second kappa shape index (κ2) is 9.19. The molecular weight excluding hydrogens is 490 g/mol. The molecule has 4 aliphatic heterocycles. The monoisotopic (exact) mass is 523 g/mol. The smallest absolute Gasteiger partial charge is 0.250 e. The molecule has 5 nitrogen and oxygen atoms in total. The molecule has 4 atom stereocenters. The summed E-state index contributed by atoms with van der Waals surface area (Å²) in [5, 5.41) is 0. The number of amides is 1. The fourth-order valence-electron chi connectivity index (χ4n) is 7.19. The van der Waals surface area contributed by atoms with Gasteiger partial charge >= 0.3 is 0 Å². The van der Waals surface area contributed by atoms with E-state index in [1.165, 1.54) is 38.8 Å². The lowest BCUT2D eigenvalue weighted by Gasteiger charge is -2.58. The highest BCUT2D eigenvalue weighted by Crippen LogP contribution is 2.45. The van der Waals surface area contributed by atoms with Gasteiger partial charge in [0.15, 0.2) is 0 Å². The van der Waals surface area contributed by atoms with Crippen LogP contribution in [-0.4, -0.2) is 59.1 Å². The van der Waals surface area contributed by atoms with Crippen LogP contribution in [0.4, 0.5) is 0 Å². The Morgan fingerprint density at radius 1 is 1.15 bits per heavy atom. The predicted octanol–water partition coefficient (Wildman–Crippen LogP) is 5.19. The molecule has 34 heavy (non-hydrogen) atoms. The topological polar surface area (TPSA) is 37.7 Å². The molecule has 0 unspecified atom stereocenters. The highest BCUT2D eigenvalue weighted by atomic mass is 79.9. The maximum atomic E-state index is 13.7. The van der Waals surface area contributed by atoms with E-state index >= 15 is 0 Å². The Labute approximate surface area is 210 Å². The summed E-state index contributed by atoms with van der Waals surface area (Å²) in [6, 6.07) is 11.4. The Morgan fingerprint density at radius 3 is 2.85 bits per heavy atom. The Hall–Kier alpha value is -2.05. The van der Waals surface area contributed by atoms with Gasteiger partial charge in [0.1, 0.15) is 5.75 Å². The Bertz CT molecular complexity index is 1110. The predicted molar refractivity (Wildman–Crippen MR) is 138 cm³/mol. The van der Waals surface area contributed by atoms with E-state index in [9.17, 15) is 4.79 Å². The number of halogens is 1. The van der Waals surface area contributed by atoms with Crippen molar-refractivity contribution in [2.24, 2.45) is 11.8 Å². The van der Waals surface area contributed by atoms with Crippen molar-refractivity contribution in [1.29, 1.82) is 0 Å². The molecule has 6 heteroatoms. The lowest BCUT2D eigenvalue weighted by atomic mass is 9.67. The number of methoxy groups -OCH3 is 1. The number of aromatic nitrogens is 1. The van der Waals surface area contributed by atoms with Gasteiger partial charge in [-0.05, 0) is 105 Å². The molecule has 0 bridgehead atoms. The van der Waals surface area contributed by atoms with Gasteiger partial charge in [0.2, 0.25) is 5.91 Å². The highest BCUT2D eigenvalue weighted by Gasteiger charge is 2.51. The number of nitrogens with zero attached hydrogens (tertiary/aromatic N) is 3. The summed E-state index contributed by atoms with van der Waals surface area (Å²) < 4.78 is 8.70. The van der Waals surface area contributed by atoms with Crippen LogP contribution in [0.3, 0.4) is 0 Å². The molecule has 0 spiro atoms. The molecule has 1 amide bonds. The van der Waals surface area contributed by atoms with E-state index in [0.29, 0.717) is 17.9 Å². The number of piperidine rings is 4. The van der Waals surface area contributed by atoms with Crippen molar-refractivity contribution in [3.05, 3.63) is 57.8 Å². The average molecular weight is 525 g/mol. The lowest BCUT2D eigenvalue weighted by Crippen LogP contribution is -2.66. The largest absolute Gasteiger partial charge is 0.497 e. The Balaban J connectivity index is 1.24. The van der Waals surface area contributed by atoms with Crippen LogP contribution in [0.2, 0.25) is 0 Å². The van der Waals surface area contributed by atoms with E-state index in [1.807, 2.05) is 12.1 Å². The quantitative estimate of drug-likeness (QED) is 0.517. The maximum absolute atomic E-state index is 13.7. The van der Waals surface area contributed by atoms with Gasteiger partial charge in [-0.15, -0.1) is 0 Å². The molecule has 180 valence electrons. The third kappa shape index (κ3) is 3.93. The molecule has 0 aliphatic carbocycles. The van der Waals surface area contributed by atoms with E-state index in [-0.39, 0.29) is 5.91 Å². The first kappa shape index (κ1) is 22.4. The number of carbonyl (C=O) groups excluding carboxylic acids is 1. The van der Waals surface area contributed by atoms with Crippen molar-refractivity contribution in [3.63, 3.8) is 0 Å². The van der Waals surface area contributed by atoms with Crippen molar-refractivity contribution < 1.29 is 9.53 Å². The minimum absolute atomic E-state index is 0.285. The molecule has 0 radical (unpaired) electrons. The third-order valence-corrected chi connectivity index (χ3v) is 9.47.